The van der Waals surface area contributed by atoms with Crippen LogP contribution in [0.2, 0.25) is 0 Å². The van der Waals surface area contributed by atoms with Gasteiger partial charge in [-0.25, -0.2) is 0 Å². The minimum Gasteiger partial charge on any atom is -0.368 e. The van der Waals surface area contributed by atoms with Gasteiger partial charge in [-0.1, -0.05) is 0 Å². The molecule has 0 amide bonds. The Hall–Kier alpha value is -1.99. The summed E-state index contributed by atoms with van der Waals surface area (Å²) in [5.41, 5.74) is 4.37. The van der Waals surface area contributed by atoms with Crippen molar-refractivity contribution in [1.29, 1.82) is 0 Å². The quantitative estimate of drug-likeness (QED) is 0.676. The van der Waals surface area contributed by atoms with Crippen molar-refractivity contribution in [3.05, 3.63) is 47.0 Å². The lowest BCUT2D eigenvalue weighted by molar-refractivity contribution is 0.285. The predicted molar refractivity (Wildman–Crippen MR) is 103 cm³/mol. The van der Waals surface area contributed by atoms with Crippen LogP contribution < -0.4 is 4.90 Å². The van der Waals surface area contributed by atoms with Crippen LogP contribution in [0.5, 0.6) is 0 Å². The lowest BCUT2D eigenvalue weighted by Crippen LogP contribution is -2.30. The minimum absolute atomic E-state index is 0.934. The van der Waals surface area contributed by atoms with Gasteiger partial charge in [-0.05, 0) is 34.5 Å². The SMILES string of the molecule is Cn1cc(CN2CCCN(c3ccnc4cc(Br)cnc34)CC2)cn1. The van der Waals surface area contributed by atoms with Gasteiger partial charge in [0.25, 0.3) is 0 Å². The molecular weight excluding hydrogens is 380 g/mol. The topological polar surface area (TPSA) is 50.1 Å². The highest BCUT2D eigenvalue weighted by atomic mass is 79.9. The molecule has 1 fully saturated rings. The highest BCUT2D eigenvalue weighted by Gasteiger charge is 2.18. The molecule has 0 bridgehead atoms. The first kappa shape index (κ1) is 16.5. The highest BCUT2D eigenvalue weighted by molar-refractivity contribution is 9.10. The van der Waals surface area contributed by atoms with Crippen molar-refractivity contribution in [2.45, 2.75) is 13.0 Å². The third-order valence-corrected chi connectivity index (χ3v) is 5.05. The van der Waals surface area contributed by atoms with Gasteiger partial charge < -0.3 is 4.90 Å². The molecule has 3 aromatic rings. The largest absolute Gasteiger partial charge is 0.368 e. The summed E-state index contributed by atoms with van der Waals surface area (Å²) in [6, 6.07) is 4.11. The molecule has 25 heavy (non-hydrogen) atoms. The summed E-state index contributed by atoms with van der Waals surface area (Å²) < 4.78 is 2.83. The van der Waals surface area contributed by atoms with E-state index in [1.165, 1.54) is 11.3 Å². The Labute approximate surface area is 155 Å². The van der Waals surface area contributed by atoms with Crippen LogP contribution in [0.15, 0.2) is 41.4 Å². The third kappa shape index (κ3) is 3.67. The van der Waals surface area contributed by atoms with E-state index in [2.05, 4.69) is 53.1 Å². The summed E-state index contributed by atoms with van der Waals surface area (Å²) in [7, 11) is 1.97. The number of fused-ring (bicyclic) bond motifs is 1. The van der Waals surface area contributed by atoms with Crippen molar-refractivity contribution in [1.82, 2.24) is 24.6 Å². The lowest BCUT2D eigenvalue weighted by Gasteiger charge is -2.24. The molecule has 0 spiro atoms. The van der Waals surface area contributed by atoms with Crippen LogP contribution in [0.25, 0.3) is 11.0 Å². The Balaban J connectivity index is 1.51. The predicted octanol–water partition coefficient (Wildman–Crippen LogP) is 2.84. The number of aryl methyl sites for hydroxylation is 1. The van der Waals surface area contributed by atoms with E-state index in [1.54, 1.807) is 0 Å². The number of nitrogens with zero attached hydrogens (tertiary/aromatic N) is 6. The van der Waals surface area contributed by atoms with E-state index in [0.29, 0.717) is 0 Å². The molecular formula is C18H21BrN6. The van der Waals surface area contributed by atoms with E-state index in [0.717, 1.165) is 54.7 Å². The maximum Gasteiger partial charge on any atom is 0.112 e. The molecule has 0 N–H and O–H groups in total. The van der Waals surface area contributed by atoms with Gasteiger partial charge in [-0.15, -0.1) is 0 Å². The lowest BCUT2D eigenvalue weighted by atomic mass is 10.2. The van der Waals surface area contributed by atoms with Gasteiger partial charge in [0.1, 0.15) is 5.52 Å². The molecule has 0 aromatic carbocycles. The van der Waals surface area contributed by atoms with Gasteiger partial charge in [-0.2, -0.15) is 5.10 Å². The fourth-order valence-electron chi connectivity index (χ4n) is 3.43. The smallest absolute Gasteiger partial charge is 0.112 e. The molecule has 4 rings (SSSR count). The van der Waals surface area contributed by atoms with Gasteiger partial charge in [-0.3, -0.25) is 19.5 Å². The van der Waals surface area contributed by atoms with Crippen molar-refractivity contribution in [2.75, 3.05) is 31.1 Å². The van der Waals surface area contributed by atoms with Gasteiger partial charge in [0, 0.05) is 68.4 Å². The fourth-order valence-corrected chi connectivity index (χ4v) is 3.75. The first-order valence-electron chi connectivity index (χ1n) is 8.54. The Morgan fingerprint density at radius 1 is 1.12 bits per heavy atom. The number of hydrogen-bond donors (Lipinski definition) is 0. The minimum atomic E-state index is 0.934. The summed E-state index contributed by atoms with van der Waals surface area (Å²) >= 11 is 3.48. The molecule has 0 unspecified atom stereocenters. The molecule has 1 aliphatic heterocycles. The van der Waals surface area contributed by atoms with Crippen molar-refractivity contribution >= 4 is 32.7 Å². The van der Waals surface area contributed by atoms with Crippen molar-refractivity contribution in [3.63, 3.8) is 0 Å². The van der Waals surface area contributed by atoms with Crippen LogP contribution in [-0.2, 0) is 13.6 Å². The van der Waals surface area contributed by atoms with Crippen molar-refractivity contribution in [2.24, 2.45) is 7.05 Å². The zero-order valence-corrected chi connectivity index (χ0v) is 15.9. The number of halogens is 1. The summed E-state index contributed by atoms with van der Waals surface area (Å²) in [5.74, 6) is 0. The molecule has 6 nitrogen and oxygen atoms in total. The molecule has 0 saturated carbocycles. The highest BCUT2D eigenvalue weighted by Crippen LogP contribution is 2.26. The summed E-state index contributed by atoms with van der Waals surface area (Å²) in [6.45, 7) is 5.14. The van der Waals surface area contributed by atoms with Crippen LogP contribution in [0, 0.1) is 0 Å². The van der Waals surface area contributed by atoms with E-state index < -0.39 is 0 Å². The molecule has 4 heterocycles. The maximum absolute atomic E-state index is 4.60. The number of hydrogen-bond acceptors (Lipinski definition) is 5. The zero-order chi connectivity index (χ0) is 17.2. The van der Waals surface area contributed by atoms with Crippen LogP contribution in [0.3, 0.4) is 0 Å². The standard InChI is InChI=1S/C18H21BrN6/c1-23-12-14(10-22-23)13-24-5-2-6-25(8-7-24)17-3-4-20-16-9-15(19)11-21-18(16)17/h3-4,9-12H,2,5-8,13H2,1H3. The average molecular weight is 401 g/mol. The molecule has 1 aliphatic rings. The summed E-state index contributed by atoms with van der Waals surface area (Å²) in [6.07, 6.45) is 8.92. The third-order valence-electron chi connectivity index (χ3n) is 4.62. The van der Waals surface area contributed by atoms with Gasteiger partial charge >= 0.3 is 0 Å². The molecule has 1 saturated heterocycles. The Morgan fingerprint density at radius 2 is 2.04 bits per heavy atom. The Bertz CT molecular complexity index is 877. The Morgan fingerprint density at radius 3 is 2.88 bits per heavy atom. The van der Waals surface area contributed by atoms with Crippen LogP contribution in [-0.4, -0.2) is 50.8 Å². The van der Waals surface area contributed by atoms with Gasteiger partial charge in [0.15, 0.2) is 0 Å². The zero-order valence-electron chi connectivity index (χ0n) is 14.3. The maximum atomic E-state index is 4.60. The first-order valence-corrected chi connectivity index (χ1v) is 9.33. The molecule has 0 atom stereocenters. The van der Waals surface area contributed by atoms with E-state index in [-0.39, 0.29) is 0 Å². The molecule has 7 heteroatoms. The second-order valence-electron chi connectivity index (χ2n) is 6.49. The van der Waals surface area contributed by atoms with Crippen molar-refractivity contribution in [3.8, 4) is 0 Å². The number of rotatable bonds is 3. The van der Waals surface area contributed by atoms with Crippen LogP contribution in [0.1, 0.15) is 12.0 Å². The normalized spacial score (nSPS) is 16.3. The number of anilines is 1. The molecule has 3 aromatic heterocycles. The monoisotopic (exact) mass is 400 g/mol. The molecule has 0 radical (unpaired) electrons. The summed E-state index contributed by atoms with van der Waals surface area (Å²) in [5, 5.41) is 4.27. The van der Waals surface area contributed by atoms with Crippen LogP contribution >= 0.6 is 15.9 Å². The van der Waals surface area contributed by atoms with E-state index >= 15 is 0 Å². The van der Waals surface area contributed by atoms with Crippen LogP contribution in [0.4, 0.5) is 5.69 Å². The number of pyridine rings is 2. The first-order chi connectivity index (χ1) is 12.2. The summed E-state index contributed by atoms with van der Waals surface area (Å²) in [4.78, 5) is 14.0. The second-order valence-corrected chi connectivity index (χ2v) is 7.41. The van der Waals surface area contributed by atoms with Gasteiger partial charge in [0.2, 0.25) is 0 Å². The molecule has 130 valence electrons. The molecule has 0 aliphatic carbocycles. The van der Waals surface area contributed by atoms with Crippen molar-refractivity contribution < 1.29 is 0 Å². The second kappa shape index (κ2) is 7.09. The Kier molecular flexibility index (Phi) is 4.67. The van der Waals surface area contributed by atoms with E-state index in [4.69, 9.17) is 0 Å². The van der Waals surface area contributed by atoms with E-state index in [9.17, 15) is 0 Å². The van der Waals surface area contributed by atoms with E-state index in [1.807, 2.05) is 36.4 Å². The van der Waals surface area contributed by atoms with Gasteiger partial charge in [0.05, 0.1) is 17.4 Å². The average Bonchev–Trinajstić information content (AvgIpc) is 2.87. The fraction of sp³-hybridized carbons (Fsp3) is 0.389. The number of aromatic nitrogens is 4.